The molecule has 0 aromatic carbocycles. The van der Waals surface area contributed by atoms with Gasteiger partial charge in [-0.25, -0.2) is 4.79 Å². The smallest absolute Gasteiger partial charge is 0.407 e. The molecule has 1 unspecified atom stereocenters. The molecule has 3 saturated heterocycles. The van der Waals surface area contributed by atoms with Crippen LogP contribution in [0.4, 0.5) is 4.79 Å². The third-order valence-corrected chi connectivity index (χ3v) is 9.98. The first-order valence-corrected chi connectivity index (χ1v) is 14.7. The minimum atomic E-state index is -3.61. The van der Waals surface area contributed by atoms with Crippen LogP contribution in [0.25, 0.3) is 0 Å². The summed E-state index contributed by atoms with van der Waals surface area (Å²) in [5, 5.41) is 5.94. The molecule has 3 fully saturated rings. The van der Waals surface area contributed by atoms with E-state index in [-0.39, 0.29) is 30.1 Å². The van der Waals surface area contributed by atoms with Crippen LogP contribution in [0, 0.1) is 0 Å². The molecule has 2 N–H and O–H groups in total. The van der Waals surface area contributed by atoms with E-state index < -0.39 is 21.9 Å². The van der Waals surface area contributed by atoms with Crippen LogP contribution in [0.2, 0.25) is 0 Å². The maximum absolute atomic E-state index is 13.5. The normalized spacial score (nSPS) is 26.5. The van der Waals surface area contributed by atoms with E-state index in [1.165, 1.54) is 11.5 Å². The van der Waals surface area contributed by atoms with Crippen LogP contribution >= 0.6 is 11.5 Å². The Morgan fingerprint density at radius 2 is 1.71 bits per heavy atom. The molecule has 3 aliphatic rings. The van der Waals surface area contributed by atoms with E-state index in [2.05, 4.69) is 15.0 Å². The topological polar surface area (TPSA) is 121 Å². The molecule has 4 heterocycles. The number of piperidine rings is 2. The summed E-state index contributed by atoms with van der Waals surface area (Å²) in [6.07, 6.45) is 4.32. The number of nitrogens with zero attached hydrogens (tertiary/aromatic N) is 3. The zero-order chi connectivity index (χ0) is 25.4. The average Bonchev–Trinajstić information content (AvgIpc) is 3.36. The summed E-state index contributed by atoms with van der Waals surface area (Å²) in [5.74, 6) is -0.179. The largest absolute Gasteiger partial charge is 0.444 e. The van der Waals surface area contributed by atoms with Crippen molar-refractivity contribution in [3.8, 4) is 0 Å². The summed E-state index contributed by atoms with van der Waals surface area (Å²) in [6.45, 7) is 8.19. The molecule has 1 aromatic rings. The number of amides is 2. The Morgan fingerprint density at radius 3 is 2.26 bits per heavy atom. The summed E-state index contributed by atoms with van der Waals surface area (Å²) in [4.78, 5) is 25.8. The number of hydrogen-bond donors (Lipinski definition) is 2. The van der Waals surface area contributed by atoms with E-state index in [0.717, 1.165) is 24.1 Å². The third kappa shape index (κ3) is 6.15. The van der Waals surface area contributed by atoms with Gasteiger partial charge in [-0.1, -0.05) is 6.92 Å². The molecule has 3 aliphatic heterocycles. The molecule has 0 aliphatic carbocycles. The third-order valence-electron chi connectivity index (χ3n) is 6.91. The zero-order valence-corrected chi connectivity index (χ0v) is 22.6. The maximum atomic E-state index is 13.5. The van der Waals surface area contributed by atoms with E-state index in [9.17, 15) is 18.0 Å². The van der Waals surface area contributed by atoms with Crippen LogP contribution in [0.5, 0.6) is 0 Å². The minimum absolute atomic E-state index is 0.0537. The number of aryl methyl sites for hydroxylation is 1. The lowest BCUT2D eigenvalue weighted by Gasteiger charge is -2.42. The van der Waals surface area contributed by atoms with Gasteiger partial charge in [-0.3, -0.25) is 4.79 Å². The zero-order valence-electron chi connectivity index (χ0n) is 21.0. The Balaban J connectivity index is 1.31. The summed E-state index contributed by atoms with van der Waals surface area (Å²) < 4.78 is 39.9. The highest BCUT2D eigenvalue weighted by Crippen LogP contribution is 2.39. The molecular weight excluding hydrogens is 490 g/mol. The fourth-order valence-electron chi connectivity index (χ4n) is 5.31. The monoisotopic (exact) mass is 527 g/mol. The van der Waals surface area contributed by atoms with Gasteiger partial charge < -0.3 is 15.4 Å². The first kappa shape index (κ1) is 26.3. The van der Waals surface area contributed by atoms with E-state index in [4.69, 9.17) is 4.74 Å². The molecule has 4 rings (SSSR count). The predicted octanol–water partition coefficient (Wildman–Crippen LogP) is 2.66. The van der Waals surface area contributed by atoms with Crippen molar-refractivity contribution >= 4 is 33.7 Å². The molecule has 3 atom stereocenters. The van der Waals surface area contributed by atoms with Crippen LogP contribution in [-0.4, -0.2) is 76.3 Å². The fourth-order valence-corrected chi connectivity index (χ4v) is 8.03. The van der Waals surface area contributed by atoms with Crippen molar-refractivity contribution in [2.24, 2.45) is 0 Å². The molecule has 0 spiro atoms. The predicted molar refractivity (Wildman–Crippen MR) is 134 cm³/mol. The van der Waals surface area contributed by atoms with Crippen molar-refractivity contribution in [1.29, 1.82) is 0 Å². The van der Waals surface area contributed by atoms with Crippen LogP contribution in [0.15, 0.2) is 6.07 Å². The van der Waals surface area contributed by atoms with E-state index in [1.54, 1.807) is 8.61 Å². The minimum Gasteiger partial charge on any atom is -0.444 e. The number of nitrogens with one attached hydrogen (secondary N) is 2. The van der Waals surface area contributed by atoms with Crippen LogP contribution in [0.3, 0.4) is 0 Å². The highest BCUT2D eigenvalue weighted by atomic mass is 32.2. The summed E-state index contributed by atoms with van der Waals surface area (Å²) >= 11 is 1.34. The highest BCUT2D eigenvalue weighted by Gasteiger charge is 2.49. The summed E-state index contributed by atoms with van der Waals surface area (Å²) in [7, 11) is -3.61. The van der Waals surface area contributed by atoms with Crippen molar-refractivity contribution < 1.29 is 22.7 Å². The van der Waals surface area contributed by atoms with E-state index in [0.29, 0.717) is 44.5 Å². The first-order chi connectivity index (χ1) is 16.5. The van der Waals surface area contributed by atoms with Crippen molar-refractivity contribution in [2.75, 3.05) is 13.1 Å². The summed E-state index contributed by atoms with van der Waals surface area (Å²) in [5.41, 5.74) is -0.130. The lowest BCUT2D eigenvalue weighted by atomic mass is 9.99. The SMILES string of the molecule is CCc1cc(C(=O)NC2C[C@H]3CC[C@@H](C2)N3S(=O)(=O)N2CCC(NC(=O)OC(C)(C)C)CC2)ns1. The second kappa shape index (κ2) is 10.3. The van der Waals surface area contributed by atoms with Crippen molar-refractivity contribution in [3.63, 3.8) is 0 Å². The Morgan fingerprint density at radius 1 is 1.09 bits per heavy atom. The number of aromatic nitrogens is 1. The molecule has 1 aromatic heterocycles. The number of rotatable bonds is 6. The molecule has 2 bridgehead atoms. The number of carbonyl (C=O) groups is 2. The highest BCUT2D eigenvalue weighted by molar-refractivity contribution is 7.86. The molecular formula is C23H37N5O5S2. The fraction of sp³-hybridized carbons (Fsp3) is 0.783. The molecule has 12 heteroatoms. The number of alkyl carbamates (subject to hydrolysis) is 1. The van der Waals surface area contributed by atoms with Gasteiger partial charge in [-0.05, 0) is 83.3 Å². The number of fused-ring (bicyclic) bond motifs is 2. The molecule has 2 amide bonds. The van der Waals surface area contributed by atoms with Gasteiger partial charge in [0.15, 0.2) is 0 Å². The van der Waals surface area contributed by atoms with Crippen molar-refractivity contribution in [1.82, 2.24) is 23.6 Å². The Hall–Kier alpha value is -1.76. The molecule has 10 nitrogen and oxygen atoms in total. The number of hydrogen-bond acceptors (Lipinski definition) is 7. The molecule has 0 saturated carbocycles. The Kier molecular flexibility index (Phi) is 7.75. The maximum Gasteiger partial charge on any atom is 0.407 e. The van der Waals surface area contributed by atoms with Gasteiger partial charge in [0.2, 0.25) is 0 Å². The Labute approximate surface area is 212 Å². The van der Waals surface area contributed by atoms with Gasteiger partial charge in [-0.15, -0.1) is 0 Å². The van der Waals surface area contributed by atoms with Crippen molar-refractivity contribution in [2.45, 2.75) is 102 Å². The second-order valence-electron chi connectivity index (χ2n) is 10.7. The summed E-state index contributed by atoms with van der Waals surface area (Å²) in [6, 6.07) is 1.46. The standard InChI is InChI=1S/C23H37N5O5S2/c1-5-19-14-20(26-34-19)21(29)24-16-12-17-6-7-18(13-16)28(17)35(31,32)27-10-8-15(9-11-27)25-22(30)33-23(2,3)4/h14-18H,5-13H2,1-4H3,(H,24,29)(H,25,30)/t16?,17-,18+. The van der Waals surface area contributed by atoms with Crippen LogP contribution in [0.1, 0.15) is 81.6 Å². The first-order valence-electron chi connectivity index (χ1n) is 12.5. The van der Waals surface area contributed by atoms with Gasteiger partial charge in [-0.2, -0.15) is 21.4 Å². The quantitative estimate of drug-likeness (QED) is 0.587. The molecule has 35 heavy (non-hydrogen) atoms. The Bertz CT molecular complexity index is 1020. The van der Waals surface area contributed by atoms with Gasteiger partial charge in [0, 0.05) is 42.1 Å². The van der Waals surface area contributed by atoms with Crippen LogP contribution in [-0.2, 0) is 21.4 Å². The second-order valence-corrected chi connectivity index (χ2v) is 13.4. The molecule has 196 valence electrons. The van der Waals surface area contributed by atoms with Crippen molar-refractivity contribution in [3.05, 3.63) is 16.6 Å². The lowest BCUT2D eigenvalue weighted by Crippen LogP contribution is -2.57. The van der Waals surface area contributed by atoms with E-state index >= 15 is 0 Å². The number of ether oxygens (including phenoxy) is 1. The number of carbonyl (C=O) groups excluding carboxylic acids is 2. The van der Waals surface area contributed by atoms with Gasteiger partial charge in [0.05, 0.1) is 0 Å². The van der Waals surface area contributed by atoms with Gasteiger partial charge >= 0.3 is 6.09 Å². The molecule has 0 radical (unpaired) electrons. The lowest BCUT2D eigenvalue weighted by molar-refractivity contribution is 0.0488. The van der Waals surface area contributed by atoms with Gasteiger partial charge in [0.1, 0.15) is 11.3 Å². The van der Waals surface area contributed by atoms with Gasteiger partial charge in [0.25, 0.3) is 16.1 Å². The average molecular weight is 528 g/mol. The van der Waals surface area contributed by atoms with Crippen LogP contribution < -0.4 is 10.6 Å². The van der Waals surface area contributed by atoms with E-state index in [1.807, 2.05) is 33.8 Å².